The molecule has 2 aliphatic heterocycles. The number of aliphatic carboxylic acids is 1. The molecule has 2 aliphatic rings. The van der Waals surface area contributed by atoms with E-state index in [0.717, 1.165) is 23.3 Å². The van der Waals surface area contributed by atoms with Gasteiger partial charge < -0.3 is 25.0 Å². The van der Waals surface area contributed by atoms with Crippen molar-refractivity contribution in [2.75, 3.05) is 29.9 Å². The van der Waals surface area contributed by atoms with Crippen LogP contribution in [0, 0.1) is 23.0 Å². The van der Waals surface area contributed by atoms with Gasteiger partial charge in [0, 0.05) is 51.0 Å². The standard InChI is InChI=1S/C24H28F2N6O2.C2HF3O2/c1-15(2)28-23-24(30-19-8-12-32(14-20(19)29-23)22(33)5-9-27)31-10-6-17(7-11-31)34-21-4-3-16(25)13-18(21)26;3-2(4,5)1(6)7/h3-4,13,15,17H,5-8,10-12,14H2,1-2H3,(H,28,29);(H,6,7). The smallest absolute Gasteiger partial charge is 0.487 e. The second-order valence-corrected chi connectivity index (χ2v) is 9.67. The molecule has 2 aromatic rings. The Kier molecular flexibility index (Phi) is 10.3. The minimum Gasteiger partial charge on any atom is -0.487 e. The Morgan fingerprint density at radius 1 is 1.17 bits per heavy atom. The maximum Gasteiger partial charge on any atom is 0.490 e. The molecule has 0 unspecified atom stereocenters. The van der Waals surface area contributed by atoms with Crippen LogP contribution < -0.4 is 15.0 Å². The van der Waals surface area contributed by atoms with Crippen LogP contribution in [0.25, 0.3) is 0 Å². The molecular formula is C26H29F5N6O4. The van der Waals surface area contributed by atoms with Gasteiger partial charge in [-0.1, -0.05) is 0 Å². The molecule has 1 aromatic heterocycles. The van der Waals surface area contributed by atoms with E-state index in [0.29, 0.717) is 51.3 Å². The Balaban J connectivity index is 0.000000587. The van der Waals surface area contributed by atoms with Gasteiger partial charge in [0.2, 0.25) is 5.91 Å². The van der Waals surface area contributed by atoms with E-state index in [1.54, 1.807) is 4.90 Å². The zero-order chi connectivity index (χ0) is 30.3. The summed E-state index contributed by atoms with van der Waals surface area (Å²) in [6.45, 7) is 6.20. The zero-order valence-electron chi connectivity index (χ0n) is 22.3. The number of amides is 1. The number of nitriles is 1. The highest BCUT2D eigenvalue weighted by atomic mass is 19.4. The number of aromatic nitrogens is 2. The number of halogens is 5. The molecule has 0 aliphatic carbocycles. The van der Waals surface area contributed by atoms with Crippen molar-refractivity contribution >= 4 is 23.5 Å². The lowest BCUT2D eigenvalue weighted by molar-refractivity contribution is -0.192. The highest BCUT2D eigenvalue weighted by Crippen LogP contribution is 2.30. The van der Waals surface area contributed by atoms with Gasteiger partial charge in [-0.2, -0.15) is 18.4 Å². The lowest BCUT2D eigenvalue weighted by Gasteiger charge is -2.35. The van der Waals surface area contributed by atoms with Crippen LogP contribution in [0.15, 0.2) is 18.2 Å². The van der Waals surface area contributed by atoms with Gasteiger partial charge in [-0.15, -0.1) is 0 Å². The maximum absolute atomic E-state index is 14.0. The van der Waals surface area contributed by atoms with Crippen molar-refractivity contribution in [1.29, 1.82) is 5.26 Å². The molecule has 3 heterocycles. The van der Waals surface area contributed by atoms with Gasteiger partial charge in [0.1, 0.15) is 18.3 Å². The van der Waals surface area contributed by atoms with E-state index in [1.807, 2.05) is 19.9 Å². The number of carboxylic acids is 1. The summed E-state index contributed by atoms with van der Waals surface area (Å²) in [5.74, 6) is -2.80. The predicted molar refractivity (Wildman–Crippen MR) is 136 cm³/mol. The number of anilines is 2. The molecule has 222 valence electrons. The van der Waals surface area contributed by atoms with Crippen molar-refractivity contribution in [1.82, 2.24) is 14.9 Å². The molecule has 15 heteroatoms. The summed E-state index contributed by atoms with van der Waals surface area (Å²) < 4.78 is 64.6. The van der Waals surface area contributed by atoms with Crippen molar-refractivity contribution in [2.45, 2.75) is 64.4 Å². The summed E-state index contributed by atoms with van der Waals surface area (Å²) in [6, 6.07) is 5.38. The molecule has 0 radical (unpaired) electrons. The van der Waals surface area contributed by atoms with Gasteiger partial charge in [-0.3, -0.25) is 4.79 Å². The zero-order valence-corrected chi connectivity index (χ0v) is 22.3. The van der Waals surface area contributed by atoms with E-state index in [2.05, 4.69) is 10.2 Å². The number of benzene rings is 1. The molecule has 41 heavy (non-hydrogen) atoms. The number of hydrogen-bond acceptors (Lipinski definition) is 8. The minimum atomic E-state index is -5.08. The first-order valence-electron chi connectivity index (χ1n) is 12.8. The molecule has 0 saturated carbocycles. The van der Waals surface area contributed by atoms with Crippen LogP contribution in [-0.4, -0.2) is 69.8 Å². The van der Waals surface area contributed by atoms with Gasteiger partial charge in [-0.25, -0.2) is 23.5 Å². The lowest BCUT2D eigenvalue weighted by Crippen LogP contribution is -2.41. The third-order valence-electron chi connectivity index (χ3n) is 6.17. The highest BCUT2D eigenvalue weighted by Gasteiger charge is 2.38. The normalized spacial score (nSPS) is 15.4. The number of carboxylic acid groups (broad SMARTS) is 1. The molecule has 1 saturated heterocycles. The van der Waals surface area contributed by atoms with Crippen LogP contribution in [0.2, 0.25) is 0 Å². The number of hydrogen-bond donors (Lipinski definition) is 2. The fourth-order valence-corrected chi connectivity index (χ4v) is 4.24. The molecule has 1 amide bonds. The van der Waals surface area contributed by atoms with E-state index in [9.17, 15) is 26.7 Å². The SMILES string of the molecule is CC(C)Nc1nc2c(nc1N1CCC(Oc3ccc(F)cc3F)CC1)CCN(C(=O)CC#N)C2.O=C(O)C(F)(F)F. The Bertz CT molecular complexity index is 1290. The van der Waals surface area contributed by atoms with Crippen LogP contribution in [0.4, 0.5) is 33.6 Å². The summed E-state index contributed by atoms with van der Waals surface area (Å²) in [6.07, 6.45) is -3.50. The Hall–Kier alpha value is -4.22. The topological polar surface area (TPSA) is 132 Å². The van der Waals surface area contributed by atoms with E-state index in [4.69, 9.17) is 29.9 Å². The van der Waals surface area contributed by atoms with E-state index < -0.39 is 23.8 Å². The second kappa shape index (κ2) is 13.4. The first kappa shape index (κ1) is 31.3. The van der Waals surface area contributed by atoms with Crippen molar-refractivity contribution in [3.8, 4) is 11.8 Å². The summed E-state index contributed by atoms with van der Waals surface area (Å²) >= 11 is 0. The minimum absolute atomic E-state index is 0.0612. The third-order valence-corrected chi connectivity index (χ3v) is 6.17. The number of alkyl halides is 3. The average molecular weight is 585 g/mol. The number of carbonyl (C=O) groups is 2. The van der Waals surface area contributed by atoms with Crippen LogP contribution >= 0.6 is 0 Å². The number of rotatable bonds is 6. The Morgan fingerprint density at radius 2 is 1.83 bits per heavy atom. The van der Waals surface area contributed by atoms with Crippen LogP contribution in [0.3, 0.4) is 0 Å². The summed E-state index contributed by atoms with van der Waals surface area (Å²) in [5, 5.41) is 19.3. The van der Waals surface area contributed by atoms with E-state index in [1.165, 1.54) is 12.1 Å². The second-order valence-electron chi connectivity index (χ2n) is 9.67. The van der Waals surface area contributed by atoms with Crippen LogP contribution in [0.5, 0.6) is 5.75 Å². The molecular weight excluding hydrogens is 555 g/mol. The molecule has 10 nitrogen and oxygen atoms in total. The first-order valence-corrected chi connectivity index (χ1v) is 12.8. The molecule has 2 N–H and O–H groups in total. The first-order chi connectivity index (χ1) is 19.3. The molecule has 0 atom stereocenters. The fourth-order valence-electron chi connectivity index (χ4n) is 4.24. The molecule has 1 fully saturated rings. The molecule has 0 bridgehead atoms. The number of piperidine rings is 1. The number of nitrogens with zero attached hydrogens (tertiary/aromatic N) is 5. The molecule has 4 rings (SSSR count). The lowest BCUT2D eigenvalue weighted by atomic mass is 10.1. The van der Waals surface area contributed by atoms with Gasteiger partial charge in [-0.05, 0) is 26.0 Å². The van der Waals surface area contributed by atoms with E-state index >= 15 is 0 Å². The van der Waals surface area contributed by atoms with E-state index in [-0.39, 0.29) is 30.2 Å². The monoisotopic (exact) mass is 584 g/mol. The summed E-state index contributed by atoms with van der Waals surface area (Å²) in [7, 11) is 0. The predicted octanol–water partition coefficient (Wildman–Crippen LogP) is 4.05. The average Bonchev–Trinajstić information content (AvgIpc) is 2.89. The number of fused-ring (bicyclic) bond motifs is 1. The quantitative estimate of drug-likeness (QED) is 0.483. The molecule has 1 aromatic carbocycles. The van der Waals surface area contributed by atoms with Gasteiger partial charge >= 0.3 is 12.1 Å². The molecule has 0 spiro atoms. The van der Waals surface area contributed by atoms with Gasteiger partial charge in [0.15, 0.2) is 23.2 Å². The van der Waals surface area contributed by atoms with Crippen molar-refractivity contribution in [2.24, 2.45) is 0 Å². The number of nitrogens with one attached hydrogen (secondary N) is 1. The van der Waals surface area contributed by atoms with Crippen molar-refractivity contribution in [3.63, 3.8) is 0 Å². The Morgan fingerprint density at radius 3 is 2.39 bits per heavy atom. The van der Waals surface area contributed by atoms with Crippen LogP contribution in [0.1, 0.15) is 44.5 Å². The largest absolute Gasteiger partial charge is 0.490 e. The van der Waals surface area contributed by atoms with Crippen molar-refractivity contribution < 1.29 is 41.4 Å². The summed E-state index contributed by atoms with van der Waals surface area (Å²) in [5.41, 5.74) is 1.60. The Labute approximate surface area is 232 Å². The third kappa shape index (κ3) is 8.63. The van der Waals surface area contributed by atoms with Gasteiger partial charge in [0.25, 0.3) is 0 Å². The fraction of sp³-hybridized carbons (Fsp3) is 0.500. The highest BCUT2D eigenvalue weighted by molar-refractivity contribution is 5.78. The van der Waals surface area contributed by atoms with Gasteiger partial charge in [0.05, 0.1) is 24.0 Å². The number of ether oxygens (including phenoxy) is 1. The van der Waals surface area contributed by atoms with Crippen LogP contribution in [-0.2, 0) is 22.6 Å². The number of carbonyl (C=O) groups excluding carboxylic acids is 1. The summed E-state index contributed by atoms with van der Waals surface area (Å²) in [4.78, 5) is 34.6. The van der Waals surface area contributed by atoms with Crippen molar-refractivity contribution in [3.05, 3.63) is 41.2 Å². The maximum atomic E-state index is 14.0.